The highest BCUT2D eigenvalue weighted by atomic mass is 16.5. The van der Waals surface area contributed by atoms with Crippen molar-refractivity contribution in [1.29, 1.82) is 0 Å². The third-order valence-corrected chi connectivity index (χ3v) is 2.30. The minimum atomic E-state index is -0.804. The molecule has 0 aliphatic heterocycles. The first-order valence-electron chi connectivity index (χ1n) is 5.86. The lowest BCUT2D eigenvalue weighted by atomic mass is 10.2. The standard InChI is InChI=1S/C14H17NO4/c1-2-8-18-10-13(15-11-16)14(17)19-9-12-6-4-3-5-7-12/h2-7,11,13H,1,8-10H2,(H,15,16). The van der Waals surface area contributed by atoms with Crippen LogP contribution in [0.5, 0.6) is 0 Å². The summed E-state index contributed by atoms with van der Waals surface area (Å²) in [6.45, 7) is 4.02. The molecule has 0 aliphatic carbocycles. The summed E-state index contributed by atoms with van der Waals surface area (Å²) in [5.41, 5.74) is 0.882. The Hall–Kier alpha value is -2.14. The van der Waals surface area contributed by atoms with Gasteiger partial charge in [0.2, 0.25) is 6.41 Å². The second-order valence-corrected chi connectivity index (χ2v) is 3.76. The summed E-state index contributed by atoms with van der Waals surface area (Å²) in [6, 6.07) is 8.49. The van der Waals surface area contributed by atoms with Crippen LogP contribution in [-0.4, -0.2) is 31.6 Å². The molecule has 0 bridgehead atoms. The van der Waals surface area contributed by atoms with Gasteiger partial charge in [-0.2, -0.15) is 0 Å². The summed E-state index contributed by atoms with van der Waals surface area (Å²) < 4.78 is 10.2. The first-order chi connectivity index (χ1) is 9.27. The number of ether oxygens (including phenoxy) is 2. The van der Waals surface area contributed by atoms with Crippen molar-refractivity contribution in [3.05, 3.63) is 48.6 Å². The molecule has 102 valence electrons. The van der Waals surface area contributed by atoms with Crippen molar-refractivity contribution < 1.29 is 19.1 Å². The molecular weight excluding hydrogens is 246 g/mol. The molecule has 0 saturated heterocycles. The number of benzene rings is 1. The quantitative estimate of drug-likeness (QED) is 0.313. The van der Waals surface area contributed by atoms with Gasteiger partial charge in [-0.05, 0) is 5.56 Å². The summed E-state index contributed by atoms with van der Waals surface area (Å²) in [7, 11) is 0. The maximum atomic E-state index is 11.8. The molecule has 0 heterocycles. The van der Waals surface area contributed by atoms with Crippen LogP contribution in [0.15, 0.2) is 43.0 Å². The van der Waals surface area contributed by atoms with Crippen LogP contribution in [0.3, 0.4) is 0 Å². The van der Waals surface area contributed by atoms with Crippen molar-refractivity contribution in [2.45, 2.75) is 12.6 Å². The van der Waals surface area contributed by atoms with Crippen molar-refractivity contribution in [1.82, 2.24) is 5.32 Å². The number of carbonyl (C=O) groups excluding carboxylic acids is 2. The predicted octanol–water partition coefficient (Wildman–Crippen LogP) is 1.05. The first kappa shape index (κ1) is 14.9. The van der Waals surface area contributed by atoms with E-state index in [0.717, 1.165) is 5.56 Å². The Morgan fingerprint density at radius 3 is 2.74 bits per heavy atom. The van der Waals surface area contributed by atoms with Crippen molar-refractivity contribution in [3.8, 4) is 0 Å². The van der Waals surface area contributed by atoms with Gasteiger partial charge in [-0.1, -0.05) is 36.4 Å². The van der Waals surface area contributed by atoms with E-state index in [2.05, 4.69) is 11.9 Å². The number of amides is 1. The molecule has 5 nitrogen and oxygen atoms in total. The molecule has 0 spiro atoms. The fourth-order valence-corrected chi connectivity index (χ4v) is 1.36. The van der Waals surface area contributed by atoms with Crippen LogP contribution in [-0.2, 0) is 25.7 Å². The third kappa shape index (κ3) is 5.83. The lowest BCUT2D eigenvalue weighted by Gasteiger charge is -2.14. The Kier molecular flexibility index (Phi) is 6.97. The zero-order chi connectivity index (χ0) is 13.9. The number of nitrogens with one attached hydrogen (secondary N) is 1. The molecule has 1 N–H and O–H groups in total. The van der Waals surface area contributed by atoms with E-state index in [-0.39, 0.29) is 13.2 Å². The minimum absolute atomic E-state index is 0.0540. The molecule has 0 fully saturated rings. The molecule has 0 aromatic heterocycles. The topological polar surface area (TPSA) is 64.6 Å². The van der Waals surface area contributed by atoms with Gasteiger partial charge in [-0.25, -0.2) is 4.79 Å². The molecule has 1 aromatic rings. The monoisotopic (exact) mass is 263 g/mol. The SMILES string of the molecule is C=CCOCC(NC=O)C(=O)OCc1ccccc1. The van der Waals surface area contributed by atoms with Gasteiger partial charge in [0, 0.05) is 0 Å². The van der Waals surface area contributed by atoms with Gasteiger partial charge in [0.25, 0.3) is 0 Å². The van der Waals surface area contributed by atoms with Crippen molar-refractivity contribution >= 4 is 12.4 Å². The largest absolute Gasteiger partial charge is 0.459 e. The molecule has 1 aromatic carbocycles. The molecule has 1 amide bonds. The van der Waals surface area contributed by atoms with E-state index in [4.69, 9.17) is 9.47 Å². The number of hydrogen-bond donors (Lipinski definition) is 1. The van der Waals surface area contributed by atoms with Crippen molar-refractivity contribution in [3.63, 3.8) is 0 Å². The van der Waals surface area contributed by atoms with Gasteiger partial charge in [0.15, 0.2) is 6.04 Å². The van der Waals surface area contributed by atoms with Crippen LogP contribution < -0.4 is 5.32 Å². The Bertz CT molecular complexity index is 405. The van der Waals surface area contributed by atoms with E-state index in [0.29, 0.717) is 13.0 Å². The second kappa shape index (κ2) is 8.88. The minimum Gasteiger partial charge on any atom is -0.459 e. The first-order valence-corrected chi connectivity index (χ1v) is 5.86. The molecule has 19 heavy (non-hydrogen) atoms. The van der Waals surface area contributed by atoms with E-state index in [9.17, 15) is 9.59 Å². The van der Waals surface area contributed by atoms with Crippen LogP contribution in [0.4, 0.5) is 0 Å². The van der Waals surface area contributed by atoms with Crippen LogP contribution >= 0.6 is 0 Å². The van der Waals surface area contributed by atoms with Gasteiger partial charge in [-0.3, -0.25) is 4.79 Å². The summed E-state index contributed by atoms with van der Waals surface area (Å²) >= 11 is 0. The van der Waals surface area contributed by atoms with Crippen molar-refractivity contribution in [2.24, 2.45) is 0 Å². The lowest BCUT2D eigenvalue weighted by Crippen LogP contribution is -2.41. The average molecular weight is 263 g/mol. The number of rotatable bonds is 9. The lowest BCUT2D eigenvalue weighted by molar-refractivity contribution is -0.149. The summed E-state index contributed by atoms with van der Waals surface area (Å²) in [6.07, 6.45) is 2.01. The normalized spacial score (nSPS) is 11.4. The number of esters is 1. The summed E-state index contributed by atoms with van der Waals surface area (Å²) in [4.78, 5) is 22.2. The molecule has 0 radical (unpaired) electrons. The van der Waals surface area contributed by atoms with E-state index in [1.54, 1.807) is 6.08 Å². The van der Waals surface area contributed by atoms with Crippen LogP contribution in [0.2, 0.25) is 0 Å². The fraction of sp³-hybridized carbons (Fsp3) is 0.286. The number of hydrogen-bond acceptors (Lipinski definition) is 4. The van der Waals surface area contributed by atoms with E-state index in [1.807, 2.05) is 30.3 Å². The molecular formula is C14H17NO4. The smallest absolute Gasteiger partial charge is 0.331 e. The molecule has 5 heteroatoms. The zero-order valence-corrected chi connectivity index (χ0v) is 10.6. The van der Waals surface area contributed by atoms with Crippen LogP contribution in [0.25, 0.3) is 0 Å². The van der Waals surface area contributed by atoms with Gasteiger partial charge in [0.05, 0.1) is 13.2 Å². The van der Waals surface area contributed by atoms with Crippen LogP contribution in [0, 0.1) is 0 Å². The summed E-state index contributed by atoms with van der Waals surface area (Å²) in [5, 5.41) is 2.36. The predicted molar refractivity (Wildman–Crippen MR) is 70.2 cm³/mol. The van der Waals surface area contributed by atoms with E-state index >= 15 is 0 Å². The molecule has 1 rings (SSSR count). The maximum Gasteiger partial charge on any atom is 0.331 e. The maximum absolute atomic E-state index is 11.8. The van der Waals surface area contributed by atoms with Gasteiger partial charge in [-0.15, -0.1) is 6.58 Å². The Balaban J connectivity index is 2.42. The highest BCUT2D eigenvalue weighted by Gasteiger charge is 2.19. The molecule has 0 saturated carbocycles. The zero-order valence-electron chi connectivity index (χ0n) is 10.6. The van der Waals surface area contributed by atoms with E-state index < -0.39 is 12.0 Å². The highest BCUT2D eigenvalue weighted by Crippen LogP contribution is 2.02. The van der Waals surface area contributed by atoms with Crippen molar-refractivity contribution in [2.75, 3.05) is 13.2 Å². The second-order valence-electron chi connectivity index (χ2n) is 3.76. The van der Waals surface area contributed by atoms with Crippen LogP contribution in [0.1, 0.15) is 5.56 Å². The Labute approximate surface area is 112 Å². The summed E-state index contributed by atoms with van der Waals surface area (Å²) in [5.74, 6) is -0.528. The fourth-order valence-electron chi connectivity index (χ4n) is 1.36. The average Bonchev–Trinajstić information content (AvgIpc) is 2.45. The Morgan fingerprint density at radius 2 is 2.11 bits per heavy atom. The molecule has 1 unspecified atom stereocenters. The molecule has 0 aliphatic rings. The van der Waals surface area contributed by atoms with E-state index in [1.165, 1.54) is 0 Å². The number of carbonyl (C=O) groups is 2. The van der Waals surface area contributed by atoms with Gasteiger partial charge >= 0.3 is 5.97 Å². The molecule has 1 atom stereocenters. The van der Waals surface area contributed by atoms with Gasteiger partial charge < -0.3 is 14.8 Å². The van der Waals surface area contributed by atoms with Gasteiger partial charge in [0.1, 0.15) is 6.61 Å². The third-order valence-electron chi connectivity index (χ3n) is 2.30. The Morgan fingerprint density at radius 1 is 1.37 bits per heavy atom. The highest BCUT2D eigenvalue weighted by molar-refractivity contribution is 5.78.